The zero-order valence-electron chi connectivity index (χ0n) is 9.06. The van der Waals surface area contributed by atoms with Gasteiger partial charge in [-0.2, -0.15) is 4.98 Å². The van der Waals surface area contributed by atoms with Gasteiger partial charge in [-0.05, 0) is 12.1 Å². The molecule has 0 aliphatic carbocycles. The van der Waals surface area contributed by atoms with Gasteiger partial charge in [0.25, 0.3) is 0 Å². The number of hydrazine groups is 1. The fourth-order valence-electron chi connectivity index (χ4n) is 1.34. The lowest BCUT2D eigenvalue weighted by Gasteiger charge is -2.07. The molecule has 1 aromatic carbocycles. The van der Waals surface area contributed by atoms with Gasteiger partial charge in [-0.3, -0.25) is 0 Å². The molecule has 0 atom stereocenters. The molecule has 0 radical (unpaired) electrons. The summed E-state index contributed by atoms with van der Waals surface area (Å²) in [5, 5.41) is 0. The Bertz CT molecular complexity index is 505. The minimum Gasteiger partial charge on any atom is -0.473 e. The van der Waals surface area contributed by atoms with Crippen LogP contribution in [0.5, 0.6) is 5.88 Å². The van der Waals surface area contributed by atoms with Crippen LogP contribution in [0.3, 0.4) is 0 Å². The highest BCUT2D eigenvalue weighted by Gasteiger charge is 2.01. The minimum atomic E-state index is 0.461. The van der Waals surface area contributed by atoms with Crippen LogP contribution in [0.4, 0.5) is 5.82 Å². The number of halogens is 1. The second kappa shape index (κ2) is 5.65. The maximum absolute atomic E-state index is 5.58. The first-order valence-corrected chi connectivity index (χ1v) is 5.89. The number of benzene rings is 1. The van der Waals surface area contributed by atoms with Gasteiger partial charge in [0, 0.05) is 16.1 Å². The number of nitrogens with two attached hydrogens (primary N) is 1. The van der Waals surface area contributed by atoms with Gasteiger partial charge in [-0.25, -0.2) is 5.84 Å². The van der Waals surface area contributed by atoms with Gasteiger partial charge in [0.15, 0.2) is 0 Å². The summed E-state index contributed by atoms with van der Waals surface area (Å²) in [7, 11) is 0. The highest BCUT2D eigenvalue weighted by Crippen LogP contribution is 2.18. The van der Waals surface area contributed by atoms with Gasteiger partial charge in [0.2, 0.25) is 5.88 Å². The van der Waals surface area contributed by atoms with E-state index < -0.39 is 0 Å². The summed E-state index contributed by atoms with van der Waals surface area (Å²) in [5.74, 6) is 6.39. The Kier molecular flexibility index (Phi) is 3.95. The summed E-state index contributed by atoms with van der Waals surface area (Å²) in [5.41, 5.74) is 3.55. The summed E-state index contributed by atoms with van der Waals surface area (Å²) < 4.78 is 6.60. The molecule has 0 saturated heterocycles. The lowest BCUT2D eigenvalue weighted by atomic mass is 10.2. The molecule has 0 unspecified atom stereocenters. The van der Waals surface area contributed by atoms with E-state index in [9.17, 15) is 0 Å². The monoisotopic (exact) mass is 293 g/mol. The van der Waals surface area contributed by atoms with Crippen molar-refractivity contribution in [3.05, 3.63) is 52.5 Å². The smallest absolute Gasteiger partial charge is 0.215 e. The molecule has 0 amide bonds. The van der Waals surface area contributed by atoms with Crippen LogP contribution in [-0.4, -0.2) is 4.98 Å². The van der Waals surface area contributed by atoms with Crippen LogP contribution in [0.1, 0.15) is 5.56 Å². The van der Waals surface area contributed by atoms with Crippen molar-refractivity contribution in [2.45, 2.75) is 6.61 Å². The predicted molar refractivity (Wildman–Crippen MR) is 70.5 cm³/mol. The van der Waals surface area contributed by atoms with Crippen LogP contribution in [0.2, 0.25) is 0 Å². The summed E-state index contributed by atoms with van der Waals surface area (Å²) in [6.07, 6.45) is 0. The first-order chi connectivity index (χ1) is 8.29. The van der Waals surface area contributed by atoms with E-state index in [0.717, 1.165) is 10.0 Å². The summed E-state index contributed by atoms with van der Waals surface area (Å²) in [6.45, 7) is 0.461. The fraction of sp³-hybridized carbons (Fsp3) is 0.0833. The number of aromatic nitrogens is 1. The van der Waals surface area contributed by atoms with Crippen LogP contribution in [0, 0.1) is 0 Å². The average molecular weight is 294 g/mol. The molecule has 1 heterocycles. The number of hydrogen-bond acceptors (Lipinski definition) is 4. The number of nitrogen functional groups attached to an aromatic ring is 1. The molecular formula is C12H12BrN3O. The van der Waals surface area contributed by atoms with Crippen molar-refractivity contribution in [3.8, 4) is 5.88 Å². The fourth-order valence-corrected chi connectivity index (χ4v) is 1.74. The molecule has 2 aromatic rings. The summed E-state index contributed by atoms with van der Waals surface area (Å²) in [6, 6.07) is 13.3. The molecule has 0 bridgehead atoms. The molecule has 0 spiro atoms. The Balaban J connectivity index is 2.05. The Morgan fingerprint density at radius 3 is 2.76 bits per heavy atom. The van der Waals surface area contributed by atoms with Gasteiger partial charge in [0.1, 0.15) is 12.4 Å². The summed E-state index contributed by atoms with van der Waals surface area (Å²) in [4.78, 5) is 4.16. The molecule has 1 aromatic heterocycles. The number of rotatable bonds is 4. The topological polar surface area (TPSA) is 60.2 Å². The first-order valence-electron chi connectivity index (χ1n) is 5.09. The number of nitrogens with zero attached hydrogens (tertiary/aromatic N) is 1. The zero-order chi connectivity index (χ0) is 12.1. The van der Waals surface area contributed by atoms with Crippen molar-refractivity contribution in [3.63, 3.8) is 0 Å². The standard InChI is InChI=1S/C12H12BrN3O/c13-10-5-2-1-4-9(10)8-17-12-7-3-6-11(15-12)16-14/h1-7H,8,14H2,(H,15,16). The lowest BCUT2D eigenvalue weighted by molar-refractivity contribution is 0.293. The van der Waals surface area contributed by atoms with Crippen LogP contribution in [0.25, 0.3) is 0 Å². The van der Waals surface area contributed by atoms with Crippen LogP contribution in [0.15, 0.2) is 46.9 Å². The quantitative estimate of drug-likeness (QED) is 0.672. The van der Waals surface area contributed by atoms with E-state index in [-0.39, 0.29) is 0 Å². The van der Waals surface area contributed by atoms with Crippen molar-refractivity contribution >= 4 is 21.7 Å². The second-order valence-corrected chi connectivity index (χ2v) is 4.24. The van der Waals surface area contributed by atoms with E-state index >= 15 is 0 Å². The van der Waals surface area contributed by atoms with Gasteiger partial charge in [-0.15, -0.1) is 0 Å². The molecule has 3 N–H and O–H groups in total. The number of hydrogen-bond donors (Lipinski definition) is 2. The molecule has 0 saturated carbocycles. The highest BCUT2D eigenvalue weighted by atomic mass is 79.9. The molecular weight excluding hydrogens is 282 g/mol. The number of anilines is 1. The third kappa shape index (κ3) is 3.18. The van der Waals surface area contributed by atoms with Gasteiger partial charge < -0.3 is 10.2 Å². The minimum absolute atomic E-state index is 0.461. The van der Waals surface area contributed by atoms with Crippen LogP contribution < -0.4 is 16.0 Å². The van der Waals surface area contributed by atoms with Crippen molar-refractivity contribution in [2.24, 2.45) is 5.84 Å². The molecule has 0 fully saturated rings. The zero-order valence-corrected chi connectivity index (χ0v) is 10.6. The molecule has 4 nitrogen and oxygen atoms in total. The lowest BCUT2D eigenvalue weighted by Crippen LogP contribution is -2.09. The van der Waals surface area contributed by atoms with E-state index in [4.69, 9.17) is 10.6 Å². The predicted octanol–water partition coefficient (Wildman–Crippen LogP) is 2.71. The average Bonchev–Trinajstić information content (AvgIpc) is 2.38. The maximum Gasteiger partial charge on any atom is 0.215 e. The third-order valence-electron chi connectivity index (χ3n) is 2.20. The van der Waals surface area contributed by atoms with E-state index in [2.05, 4.69) is 26.3 Å². The number of nitrogens with one attached hydrogen (secondary N) is 1. The number of ether oxygens (including phenoxy) is 1. The van der Waals surface area contributed by atoms with Crippen molar-refractivity contribution in [1.82, 2.24) is 4.98 Å². The van der Waals surface area contributed by atoms with Gasteiger partial charge in [0.05, 0.1) is 0 Å². The largest absolute Gasteiger partial charge is 0.473 e. The Morgan fingerprint density at radius 1 is 1.18 bits per heavy atom. The first kappa shape index (κ1) is 11.9. The van der Waals surface area contributed by atoms with Gasteiger partial charge in [-0.1, -0.05) is 40.2 Å². The molecule has 0 aliphatic heterocycles. The third-order valence-corrected chi connectivity index (χ3v) is 2.98. The summed E-state index contributed by atoms with van der Waals surface area (Å²) >= 11 is 3.47. The van der Waals surface area contributed by atoms with E-state index in [1.807, 2.05) is 30.3 Å². The van der Waals surface area contributed by atoms with Gasteiger partial charge >= 0.3 is 0 Å². The van der Waals surface area contributed by atoms with E-state index in [1.54, 1.807) is 12.1 Å². The van der Waals surface area contributed by atoms with Crippen molar-refractivity contribution in [2.75, 3.05) is 5.43 Å². The molecule has 5 heteroatoms. The molecule has 2 rings (SSSR count). The molecule has 17 heavy (non-hydrogen) atoms. The maximum atomic E-state index is 5.58. The van der Waals surface area contributed by atoms with Crippen LogP contribution >= 0.6 is 15.9 Å². The van der Waals surface area contributed by atoms with E-state index in [1.165, 1.54) is 0 Å². The SMILES string of the molecule is NNc1cccc(OCc2ccccc2Br)n1. The Hall–Kier alpha value is -1.59. The second-order valence-electron chi connectivity index (χ2n) is 3.39. The highest BCUT2D eigenvalue weighted by molar-refractivity contribution is 9.10. The van der Waals surface area contributed by atoms with E-state index in [0.29, 0.717) is 18.3 Å². The Labute approximate surface area is 108 Å². The van der Waals surface area contributed by atoms with Crippen molar-refractivity contribution in [1.29, 1.82) is 0 Å². The Morgan fingerprint density at radius 2 is 2.00 bits per heavy atom. The molecule has 88 valence electrons. The molecule has 0 aliphatic rings. The van der Waals surface area contributed by atoms with Crippen LogP contribution in [-0.2, 0) is 6.61 Å². The van der Waals surface area contributed by atoms with Crippen molar-refractivity contribution < 1.29 is 4.74 Å². The normalized spacial score (nSPS) is 10.0. The number of pyridine rings is 1.